The Morgan fingerprint density at radius 1 is 0.571 bits per heavy atom. The van der Waals surface area contributed by atoms with Crippen LogP contribution in [0.2, 0.25) is 0 Å². The largest absolute Gasteiger partial charge is 0.481 e. The third-order valence-electron chi connectivity index (χ3n) is 2.61. The lowest BCUT2D eigenvalue weighted by atomic mass is 10.3. The van der Waals surface area contributed by atoms with Crippen LogP contribution in [0, 0.1) is 0 Å². The quantitative estimate of drug-likeness (QED) is 0.409. The van der Waals surface area contributed by atoms with Crippen LogP contribution in [0.4, 0.5) is 0 Å². The van der Waals surface area contributed by atoms with Gasteiger partial charge in [0.25, 0.3) is 0 Å². The second-order valence-corrected chi connectivity index (χ2v) is 8.06. The van der Waals surface area contributed by atoms with Gasteiger partial charge in [-0.1, -0.05) is 12.8 Å². The molecule has 0 unspecified atom stereocenters. The van der Waals surface area contributed by atoms with Gasteiger partial charge in [0.2, 0.25) is 0 Å². The molecule has 0 aliphatic heterocycles. The molecule has 0 aromatic heterocycles. The average molecular weight is 355 g/mol. The fraction of sp³-hybridized carbons (Fsp3) is 0.857. The van der Waals surface area contributed by atoms with Crippen LogP contribution in [0.3, 0.4) is 0 Å². The van der Waals surface area contributed by atoms with Gasteiger partial charge in [-0.15, -0.1) is 0 Å². The molecule has 21 heavy (non-hydrogen) atoms. The number of thioether (sulfide) groups is 3. The van der Waals surface area contributed by atoms with E-state index in [-0.39, 0.29) is 11.5 Å². The molecule has 0 aromatic carbocycles. The molecule has 0 heterocycles. The molecule has 124 valence electrons. The Morgan fingerprint density at radius 3 is 1.24 bits per heavy atom. The molecular weight excluding hydrogens is 328 g/mol. The lowest BCUT2D eigenvalue weighted by molar-refractivity contribution is -0.134. The van der Waals surface area contributed by atoms with Gasteiger partial charge < -0.3 is 10.2 Å². The van der Waals surface area contributed by atoms with Crippen LogP contribution in [0.25, 0.3) is 0 Å². The van der Waals surface area contributed by atoms with E-state index in [0.29, 0.717) is 0 Å². The highest BCUT2D eigenvalue weighted by Crippen LogP contribution is 2.13. The summed E-state index contributed by atoms with van der Waals surface area (Å²) in [5.74, 6) is 3.28. The second-order valence-electron chi connectivity index (χ2n) is 4.63. The first-order valence-electron chi connectivity index (χ1n) is 7.29. The molecule has 0 rings (SSSR count). The van der Waals surface area contributed by atoms with E-state index in [0.717, 1.165) is 24.3 Å². The Bertz CT molecular complexity index is 249. The molecule has 0 saturated carbocycles. The van der Waals surface area contributed by atoms with Crippen LogP contribution >= 0.6 is 35.3 Å². The van der Waals surface area contributed by atoms with Crippen molar-refractivity contribution in [1.29, 1.82) is 0 Å². The van der Waals surface area contributed by atoms with Crippen LogP contribution in [0.15, 0.2) is 0 Å². The summed E-state index contributed by atoms with van der Waals surface area (Å²) in [4.78, 5) is 20.6. The van der Waals surface area contributed by atoms with Crippen molar-refractivity contribution in [3.8, 4) is 0 Å². The maximum atomic E-state index is 10.3. The van der Waals surface area contributed by atoms with E-state index >= 15 is 0 Å². The van der Waals surface area contributed by atoms with Crippen LogP contribution < -0.4 is 0 Å². The third-order valence-corrected chi connectivity index (χ3v) is 5.82. The Morgan fingerprint density at radius 2 is 0.905 bits per heavy atom. The van der Waals surface area contributed by atoms with E-state index in [2.05, 4.69) is 0 Å². The first-order chi connectivity index (χ1) is 10.1. The number of carboxylic acid groups (broad SMARTS) is 2. The predicted octanol–water partition coefficient (Wildman–Crippen LogP) is 3.70. The highest BCUT2D eigenvalue weighted by Gasteiger charge is 1.98. The lowest BCUT2D eigenvalue weighted by Gasteiger charge is -2.02. The van der Waals surface area contributed by atoms with Gasteiger partial charge >= 0.3 is 11.9 Å². The fourth-order valence-corrected chi connectivity index (χ4v) is 4.07. The Balaban J connectivity index is 2.99. The maximum absolute atomic E-state index is 10.3. The van der Waals surface area contributed by atoms with Crippen molar-refractivity contribution < 1.29 is 19.8 Å². The van der Waals surface area contributed by atoms with Crippen molar-refractivity contribution in [1.82, 2.24) is 0 Å². The minimum absolute atomic E-state index is 0.222. The molecule has 0 atom stereocenters. The van der Waals surface area contributed by atoms with Gasteiger partial charge in [0.15, 0.2) is 0 Å². The van der Waals surface area contributed by atoms with Crippen molar-refractivity contribution in [3.63, 3.8) is 0 Å². The monoisotopic (exact) mass is 354 g/mol. The Hall–Kier alpha value is -0.0100. The van der Waals surface area contributed by atoms with Crippen LogP contribution in [-0.2, 0) is 9.59 Å². The van der Waals surface area contributed by atoms with Crippen molar-refractivity contribution >= 4 is 47.2 Å². The van der Waals surface area contributed by atoms with Crippen molar-refractivity contribution in [2.75, 3.05) is 34.5 Å². The van der Waals surface area contributed by atoms with E-state index in [1.165, 1.54) is 60.7 Å². The molecule has 0 aliphatic carbocycles. The van der Waals surface area contributed by atoms with Crippen molar-refractivity contribution in [2.24, 2.45) is 0 Å². The minimum Gasteiger partial charge on any atom is -0.481 e. The summed E-state index contributed by atoms with van der Waals surface area (Å²) in [6.45, 7) is 0. The SMILES string of the molecule is O=C(O)CSCCCCCSCCCCCSCC(=O)O. The summed E-state index contributed by atoms with van der Waals surface area (Å²) in [5.41, 5.74) is 0. The summed E-state index contributed by atoms with van der Waals surface area (Å²) in [5, 5.41) is 17.0. The smallest absolute Gasteiger partial charge is 0.313 e. The van der Waals surface area contributed by atoms with Gasteiger partial charge in [0, 0.05) is 0 Å². The zero-order chi connectivity index (χ0) is 15.8. The fourth-order valence-electron chi connectivity index (χ4n) is 1.59. The summed E-state index contributed by atoms with van der Waals surface area (Å²) < 4.78 is 0. The maximum Gasteiger partial charge on any atom is 0.313 e. The van der Waals surface area contributed by atoms with Crippen LogP contribution in [0.1, 0.15) is 38.5 Å². The number of aliphatic carboxylic acids is 2. The van der Waals surface area contributed by atoms with Gasteiger partial charge in [0.1, 0.15) is 0 Å². The highest BCUT2D eigenvalue weighted by molar-refractivity contribution is 8.00. The lowest BCUT2D eigenvalue weighted by Crippen LogP contribution is -1.98. The molecule has 2 N–H and O–H groups in total. The number of carboxylic acids is 2. The molecule has 0 bridgehead atoms. The number of rotatable bonds is 16. The van der Waals surface area contributed by atoms with Crippen LogP contribution in [-0.4, -0.2) is 56.7 Å². The summed E-state index contributed by atoms with van der Waals surface area (Å²) >= 11 is 4.99. The van der Waals surface area contributed by atoms with E-state index in [1.54, 1.807) is 0 Å². The van der Waals surface area contributed by atoms with Gasteiger partial charge in [0.05, 0.1) is 11.5 Å². The molecular formula is C14H26O4S3. The predicted molar refractivity (Wildman–Crippen MR) is 94.9 cm³/mol. The number of hydrogen-bond acceptors (Lipinski definition) is 5. The first-order valence-corrected chi connectivity index (χ1v) is 10.8. The molecule has 0 fully saturated rings. The molecule has 0 aliphatic rings. The topological polar surface area (TPSA) is 74.6 Å². The normalized spacial score (nSPS) is 10.7. The van der Waals surface area contributed by atoms with E-state index < -0.39 is 11.9 Å². The highest BCUT2D eigenvalue weighted by atomic mass is 32.2. The van der Waals surface area contributed by atoms with Gasteiger partial charge in [-0.2, -0.15) is 35.3 Å². The van der Waals surface area contributed by atoms with E-state index in [1.807, 2.05) is 11.8 Å². The average Bonchev–Trinajstić information content (AvgIpc) is 2.42. The summed E-state index contributed by atoms with van der Waals surface area (Å²) in [6.07, 6.45) is 7.02. The van der Waals surface area contributed by atoms with E-state index in [4.69, 9.17) is 10.2 Å². The number of unbranched alkanes of at least 4 members (excludes halogenated alkanes) is 4. The molecule has 0 saturated heterocycles. The molecule has 4 nitrogen and oxygen atoms in total. The zero-order valence-electron chi connectivity index (χ0n) is 12.4. The molecule has 0 amide bonds. The number of carbonyl (C=O) groups is 2. The number of hydrogen-bond donors (Lipinski definition) is 2. The van der Waals surface area contributed by atoms with Crippen molar-refractivity contribution in [2.45, 2.75) is 38.5 Å². The molecule has 0 spiro atoms. The summed E-state index contributed by atoms with van der Waals surface area (Å²) in [6, 6.07) is 0. The molecule has 0 radical (unpaired) electrons. The zero-order valence-corrected chi connectivity index (χ0v) is 14.9. The van der Waals surface area contributed by atoms with Gasteiger partial charge in [-0.25, -0.2) is 0 Å². The first kappa shape index (κ1) is 21.0. The van der Waals surface area contributed by atoms with Gasteiger partial charge in [-0.3, -0.25) is 9.59 Å². The molecule has 7 heteroatoms. The van der Waals surface area contributed by atoms with Crippen LogP contribution in [0.5, 0.6) is 0 Å². The second kappa shape index (κ2) is 16.4. The molecule has 0 aromatic rings. The summed E-state index contributed by atoms with van der Waals surface area (Å²) in [7, 11) is 0. The van der Waals surface area contributed by atoms with Gasteiger partial charge in [-0.05, 0) is 48.7 Å². The Kier molecular flexibility index (Phi) is 16.4. The third kappa shape index (κ3) is 20.0. The van der Waals surface area contributed by atoms with E-state index in [9.17, 15) is 9.59 Å². The Labute approximate surface area is 140 Å². The van der Waals surface area contributed by atoms with Crippen molar-refractivity contribution in [3.05, 3.63) is 0 Å². The standard InChI is InChI=1S/C14H26O4S3/c15-13(16)11-20-9-5-1-3-7-19-8-4-2-6-10-21-12-14(17)18/h1-12H2,(H,15,16)(H,17,18). The minimum atomic E-state index is -0.725.